The first kappa shape index (κ1) is 17.6. The Balaban J connectivity index is 2.81. The quantitative estimate of drug-likeness (QED) is 0.552. The summed E-state index contributed by atoms with van der Waals surface area (Å²) in [4.78, 5) is 10.1. The average molecular weight is 406 g/mol. The van der Waals surface area contributed by atoms with Gasteiger partial charge in [0.05, 0.1) is 11.6 Å². The van der Waals surface area contributed by atoms with E-state index < -0.39 is 15.0 Å². The van der Waals surface area contributed by atoms with Crippen LogP contribution >= 0.6 is 38.2 Å². The van der Waals surface area contributed by atoms with Gasteiger partial charge in [-0.15, -0.1) is 0 Å². The second-order valence-corrected chi connectivity index (χ2v) is 7.71. The molecule has 0 aliphatic carbocycles. The van der Waals surface area contributed by atoms with E-state index in [9.17, 15) is 13.2 Å². The van der Waals surface area contributed by atoms with Gasteiger partial charge in [-0.2, -0.15) is 0 Å². The van der Waals surface area contributed by atoms with E-state index in [4.69, 9.17) is 32.1 Å². The highest BCUT2D eigenvalue weighted by molar-refractivity contribution is 9.10. The minimum absolute atomic E-state index is 0.0259. The van der Waals surface area contributed by atoms with E-state index in [0.29, 0.717) is 17.3 Å². The van der Waals surface area contributed by atoms with E-state index in [2.05, 4.69) is 15.9 Å². The number of carbonyl (C=O) groups is 1. The molecule has 0 aliphatic heterocycles. The molecule has 0 heterocycles. The molecular formula is C11H11BrCl2O5S. The molecule has 5 nitrogen and oxygen atoms in total. The van der Waals surface area contributed by atoms with Crippen LogP contribution in [0.4, 0.5) is 0 Å². The molecule has 1 rings (SSSR count). The molecule has 0 aromatic heterocycles. The maximum absolute atomic E-state index is 11.5. The lowest BCUT2D eigenvalue weighted by molar-refractivity contribution is -0.137. The fourth-order valence-electron chi connectivity index (χ4n) is 1.41. The first-order valence-corrected chi connectivity index (χ1v) is 8.98. The summed E-state index contributed by atoms with van der Waals surface area (Å²) in [6, 6.07) is 2.78. The second kappa shape index (κ2) is 7.49. The van der Waals surface area contributed by atoms with Crippen molar-refractivity contribution in [2.75, 3.05) is 6.61 Å². The van der Waals surface area contributed by atoms with Gasteiger partial charge < -0.3 is 9.84 Å². The molecule has 0 spiro atoms. The van der Waals surface area contributed by atoms with Gasteiger partial charge in [0.25, 0.3) is 9.05 Å². The number of aliphatic carboxylic acids is 1. The molecule has 0 fully saturated rings. The standard InChI is InChI=1S/C11H11BrCl2O5S/c12-7-5-8(13)11(9(6-7)20(14,17)18)19-4-2-1-3-10(15)16/h5-6H,1-4H2,(H,15,16). The van der Waals surface area contributed by atoms with Gasteiger partial charge in [-0.25, -0.2) is 8.42 Å². The van der Waals surface area contributed by atoms with Crippen LogP contribution in [0.2, 0.25) is 5.02 Å². The van der Waals surface area contributed by atoms with Crippen LogP contribution in [0.1, 0.15) is 19.3 Å². The van der Waals surface area contributed by atoms with Crippen LogP contribution < -0.4 is 4.74 Å². The summed E-state index contributed by atoms with van der Waals surface area (Å²) in [5.74, 6) is -0.920. The van der Waals surface area contributed by atoms with Gasteiger partial charge >= 0.3 is 5.97 Å². The Morgan fingerprint density at radius 2 is 2.00 bits per heavy atom. The molecule has 0 radical (unpaired) electrons. The van der Waals surface area contributed by atoms with Crippen molar-refractivity contribution in [1.82, 2.24) is 0 Å². The number of unbranched alkanes of at least 4 members (excludes halogenated alkanes) is 1. The molecule has 1 aromatic carbocycles. The van der Waals surface area contributed by atoms with Crippen LogP contribution in [-0.4, -0.2) is 26.1 Å². The van der Waals surface area contributed by atoms with Crippen molar-refractivity contribution in [1.29, 1.82) is 0 Å². The number of halogens is 3. The van der Waals surface area contributed by atoms with Crippen molar-refractivity contribution < 1.29 is 23.1 Å². The van der Waals surface area contributed by atoms with Crippen LogP contribution in [0.3, 0.4) is 0 Å². The average Bonchev–Trinajstić information content (AvgIpc) is 2.28. The van der Waals surface area contributed by atoms with Crippen molar-refractivity contribution in [3.63, 3.8) is 0 Å². The fourth-order valence-corrected chi connectivity index (χ4v) is 3.48. The van der Waals surface area contributed by atoms with Gasteiger partial charge in [-0.1, -0.05) is 27.5 Å². The van der Waals surface area contributed by atoms with E-state index in [1.807, 2.05) is 0 Å². The number of ether oxygens (including phenoxy) is 1. The number of benzene rings is 1. The molecule has 1 N–H and O–H groups in total. The van der Waals surface area contributed by atoms with E-state index in [1.54, 1.807) is 0 Å². The van der Waals surface area contributed by atoms with Crippen molar-refractivity contribution in [2.24, 2.45) is 0 Å². The summed E-state index contributed by atoms with van der Waals surface area (Å²) in [5, 5.41) is 8.60. The van der Waals surface area contributed by atoms with Gasteiger partial charge in [0.1, 0.15) is 4.90 Å². The Bertz CT molecular complexity index is 603. The highest BCUT2D eigenvalue weighted by atomic mass is 79.9. The maximum atomic E-state index is 11.5. The highest BCUT2D eigenvalue weighted by Crippen LogP contribution is 2.37. The number of carboxylic acid groups (broad SMARTS) is 1. The van der Waals surface area contributed by atoms with Crippen LogP contribution in [0, 0.1) is 0 Å². The summed E-state index contributed by atoms with van der Waals surface area (Å²) in [6.07, 6.45) is 0.908. The van der Waals surface area contributed by atoms with Gasteiger partial charge in [0.2, 0.25) is 0 Å². The van der Waals surface area contributed by atoms with Crippen LogP contribution in [0.25, 0.3) is 0 Å². The zero-order valence-electron chi connectivity index (χ0n) is 10.1. The molecule has 0 saturated carbocycles. The summed E-state index contributed by atoms with van der Waals surface area (Å²) >= 11 is 9.05. The molecular weight excluding hydrogens is 395 g/mol. The largest absolute Gasteiger partial charge is 0.491 e. The Kier molecular flexibility index (Phi) is 6.57. The molecule has 112 valence electrons. The third-order valence-electron chi connectivity index (χ3n) is 2.27. The SMILES string of the molecule is O=C(O)CCCCOc1c(Cl)cc(Br)cc1S(=O)(=O)Cl. The summed E-state index contributed by atoms with van der Waals surface area (Å²) < 4.78 is 28.7. The third-order valence-corrected chi connectivity index (χ3v) is 4.33. The van der Waals surface area contributed by atoms with Crippen molar-refractivity contribution in [2.45, 2.75) is 24.2 Å². The van der Waals surface area contributed by atoms with Gasteiger partial charge in [-0.05, 0) is 25.0 Å². The smallest absolute Gasteiger partial charge is 0.303 e. The van der Waals surface area contributed by atoms with Crippen LogP contribution in [-0.2, 0) is 13.8 Å². The summed E-state index contributed by atoms with van der Waals surface area (Å²) in [7, 11) is 1.33. The van der Waals surface area contributed by atoms with E-state index >= 15 is 0 Å². The second-order valence-electron chi connectivity index (χ2n) is 3.85. The number of hydrogen-bond donors (Lipinski definition) is 1. The Morgan fingerprint density at radius 1 is 1.35 bits per heavy atom. The lowest BCUT2D eigenvalue weighted by Crippen LogP contribution is -2.04. The summed E-state index contributed by atoms with van der Waals surface area (Å²) in [6.45, 7) is 0.147. The molecule has 0 aliphatic rings. The molecule has 0 amide bonds. The first-order valence-electron chi connectivity index (χ1n) is 5.50. The molecule has 20 heavy (non-hydrogen) atoms. The molecule has 9 heteroatoms. The number of hydrogen-bond acceptors (Lipinski definition) is 4. The topological polar surface area (TPSA) is 80.7 Å². The Morgan fingerprint density at radius 3 is 2.55 bits per heavy atom. The Labute approximate surface area is 134 Å². The third kappa shape index (κ3) is 5.47. The zero-order valence-corrected chi connectivity index (χ0v) is 14.0. The van der Waals surface area contributed by atoms with Gasteiger partial charge in [0.15, 0.2) is 5.75 Å². The minimum atomic E-state index is -4.00. The maximum Gasteiger partial charge on any atom is 0.303 e. The normalized spacial score (nSPS) is 11.3. The lowest BCUT2D eigenvalue weighted by Gasteiger charge is -2.11. The molecule has 0 bridgehead atoms. The van der Waals surface area contributed by atoms with Crippen molar-refractivity contribution in [3.05, 3.63) is 21.6 Å². The fraction of sp³-hybridized carbons (Fsp3) is 0.364. The van der Waals surface area contributed by atoms with Crippen LogP contribution in [0.15, 0.2) is 21.5 Å². The van der Waals surface area contributed by atoms with E-state index in [0.717, 1.165) is 0 Å². The van der Waals surface area contributed by atoms with E-state index in [-0.39, 0.29) is 28.7 Å². The molecule has 1 aromatic rings. The highest BCUT2D eigenvalue weighted by Gasteiger charge is 2.21. The van der Waals surface area contributed by atoms with Gasteiger partial charge in [0, 0.05) is 21.6 Å². The molecule has 0 saturated heterocycles. The molecule has 0 atom stereocenters. The minimum Gasteiger partial charge on any atom is -0.491 e. The zero-order chi connectivity index (χ0) is 15.3. The lowest BCUT2D eigenvalue weighted by atomic mass is 10.2. The van der Waals surface area contributed by atoms with Gasteiger partial charge in [-0.3, -0.25) is 4.79 Å². The number of rotatable bonds is 7. The first-order chi connectivity index (χ1) is 9.21. The summed E-state index contributed by atoms with van der Waals surface area (Å²) in [5.41, 5.74) is 0. The van der Waals surface area contributed by atoms with E-state index in [1.165, 1.54) is 12.1 Å². The van der Waals surface area contributed by atoms with Crippen molar-refractivity contribution >= 4 is 53.2 Å². The predicted molar refractivity (Wildman–Crippen MR) is 79.2 cm³/mol. The predicted octanol–water partition coefficient (Wildman–Crippen LogP) is 3.66. The monoisotopic (exact) mass is 404 g/mol. The van der Waals surface area contributed by atoms with Crippen LogP contribution in [0.5, 0.6) is 5.75 Å². The number of carboxylic acids is 1. The van der Waals surface area contributed by atoms with Crippen molar-refractivity contribution in [3.8, 4) is 5.75 Å². The molecule has 0 unspecified atom stereocenters. The Hall–Kier alpha value is -0.500.